The van der Waals surface area contributed by atoms with Crippen LogP contribution in [0.25, 0.3) is 0 Å². The second-order valence-corrected chi connectivity index (χ2v) is 2.92. The van der Waals surface area contributed by atoms with E-state index in [-0.39, 0.29) is 24.9 Å². The highest BCUT2D eigenvalue weighted by molar-refractivity contribution is 4.80. The van der Waals surface area contributed by atoms with Crippen molar-refractivity contribution >= 4 is 0 Å². The van der Waals surface area contributed by atoms with Crippen LogP contribution in [0.3, 0.4) is 0 Å². The average molecular weight is 176 g/mol. The molecule has 0 saturated carbocycles. The van der Waals surface area contributed by atoms with Crippen LogP contribution in [0.5, 0.6) is 0 Å². The van der Waals surface area contributed by atoms with E-state index in [1.165, 1.54) is 0 Å². The van der Waals surface area contributed by atoms with Gasteiger partial charge in [-0.1, -0.05) is 0 Å². The fourth-order valence-corrected chi connectivity index (χ4v) is 1.39. The van der Waals surface area contributed by atoms with Gasteiger partial charge in [0.05, 0.1) is 25.4 Å². The SMILES string of the molecule is COC1CO[C@H]([C@@H](CO)OC)C1. The van der Waals surface area contributed by atoms with Gasteiger partial charge in [-0.15, -0.1) is 0 Å². The van der Waals surface area contributed by atoms with Gasteiger partial charge < -0.3 is 19.3 Å². The van der Waals surface area contributed by atoms with Gasteiger partial charge in [-0.25, -0.2) is 0 Å². The number of rotatable bonds is 4. The average Bonchev–Trinajstić information content (AvgIpc) is 2.55. The first-order valence-corrected chi connectivity index (χ1v) is 4.09. The molecule has 1 heterocycles. The molecule has 1 saturated heterocycles. The first-order valence-electron chi connectivity index (χ1n) is 4.09. The first-order chi connectivity index (χ1) is 5.81. The van der Waals surface area contributed by atoms with Crippen LogP contribution in [-0.2, 0) is 14.2 Å². The Bertz CT molecular complexity index is 124. The van der Waals surface area contributed by atoms with Crippen LogP contribution in [-0.4, -0.2) is 50.9 Å². The molecule has 0 aromatic heterocycles. The second-order valence-electron chi connectivity index (χ2n) is 2.92. The van der Waals surface area contributed by atoms with Crippen LogP contribution < -0.4 is 0 Å². The van der Waals surface area contributed by atoms with Crippen molar-refractivity contribution in [3.63, 3.8) is 0 Å². The Balaban J connectivity index is 2.34. The number of ether oxygens (including phenoxy) is 3. The molecule has 1 aliphatic rings. The van der Waals surface area contributed by atoms with Crippen LogP contribution in [0.2, 0.25) is 0 Å². The van der Waals surface area contributed by atoms with E-state index in [4.69, 9.17) is 19.3 Å². The van der Waals surface area contributed by atoms with E-state index in [0.29, 0.717) is 6.61 Å². The summed E-state index contributed by atoms with van der Waals surface area (Å²) in [6.07, 6.45) is 0.713. The Labute approximate surface area is 72.4 Å². The highest BCUT2D eigenvalue weighted by Crippen LogP contribution is 2.19. The molecule has 12 heavy (non-hydrogen) atoms. The summed E-state index contributed by atoms with van der Waals surface area (Å²) in [6.45, 7) is 0.596. The van der Waals surface area contributed by atoms with Crippen molar-refractivity contribution in [1.29, 1.82) is 0 Å². The van der Waals surface area contributed by atoms with Crippen LogP contribution >= 0.6 is 0 Å². The largest absolute Gasteiger partial charge is 0.394 e. The van der Waals surface area contributed by atoms with E-state index in [9.17, 15) is 0 Å². The van der Waals surface area contributed by atoms with E-state index in [2.05, 4.69) is 0 Å². The summed E-state index contributed by atoms with van der Waals surface area (Å²) < 4.78 is 15.6. The molecule has 0 aromatic rings. The molecule has 1 fully saturated rings. The minimum atomic E-state index is -0.217. The maximum Gasteiger partial charge on any atom is 0.106 e. The summed E-state index contributed by atoms with van der Waals surface area (Å²) >= 11 is 0. The lowest BCUT2D eigenvalue weighted by Gasteiger charge is -2.18. The summed E-state index contributed by atoms with van der Waals surface area (Å²) in [5.41, 5.74) is 0. The van der Waals surface area contributed by atoms with Crippen LogP contribution in [0, 0.1) is 0 Å². The van der Waals surface area contributed by atoms with Crippen LogP contribution in [0.15, 0.2) is 0 Å². The molecule has 4 nitrogen and oxygen atoms in total. The number of aliphatic hydroxyl groups is 1. The molecular formula is C8H16O4. The molecule has 0 aliphatic carbocycles. The predicted octanol–water partition coefficient (Wildman–Crippen LogP) is -0.202. The van der Waals surface area contributed by atoms with Gasteiger partial charge in [0, 0.05) is 20.6 Å². The van der Waals surface area contributed by atoms with E-state index >= 15 is 0 Å². The van der Waals surface area contributed by atoms with Crippen LogP contribution in [0.1, 0.15) is 6.42 Å². The summed E-state index contributed by atoms with van der Waals surface area (Å²) in [6, 6.07) is 0. The molecule has 0 spiro atoms. The van der Waals surface area contributed by atoms with Gasteiger partial charge in [-0.2, -0.15) is 0 Å². The van der Waals surface area contributed by atoms with Crippen LogP contribution in [0.4, 0.5) is 0 Å². The molecule has 0 bridgehead atoms. The van der Waals surface area contributed by atoms with Crippen molar-refractivity contribution < 1.29 is 19.3 Å². The van der Waals surface area contributed by atoms with Gasteiger partial charge in [0.1, 0.15) is 6.10 Å². The van der Waals surface area contributed by atoms with Crippen molar-refractivity contribution in [3.05, 3.63) is 0 Å². The summed E-state index contributed by atoms with van der Waals surface area (Å²) in [5, 5.41) is 8.90. The highest BCUT2D eigenvalue weighted by Gasteiger charge is 2.31. The third-order valence-electron chi connectivity index (χ3n) is 2.22. The van der Waals surface area contributed by atoms with Crippen molar-refractivity contribution in [2.24, 2.45) is 0 Å². The Hall–Kier alpha value is -0.160. The molecule has 0 aromatic carbocycles. The fraction of sp³-hybridized carbons (Fsp3) is 1.00. The van der Waals surface area contributed by atoms with Gasteiger partial charge >= 0.3 is 0 Å². The second kappa shape index (κ2) is 4.77. The van der Waals surface area contributed by atoms with Crippen molar-refractivity contribution in [2.75, 3.05) is 27.4 Å². The topological polar surface area (TPSA) is 47.9 Å². The molecule has 72 valence electrons. The summed E-state index contributed by atoms with van der Waals surface area (Å²) in [4.78, 5) is 0. The molecule has 4 heteroatoms. The Morgan fingerprint density at radius 2 is 2.33 bits per heavy atom. The van der Waals surface area contributed by atoms with Gasteiger partial charge in [-0.05, 0) is 0 Å². The number of hydrogen-bond acceptors (Lipinski definition) is 4. The normalized spacial score (nSPS) is 32.2. The summed E-state index contributed by atoms with van der Waals surface area (Å²) in [7, 11) is 3.24. The molecule has 1 aliphatic heterocycles. The summed E-state index contributed by atoms with van der Waals surface area (Å²) in [5.74, 6) is 0. The molecule has 0 amide bonds. The maximum absolute atomic E-state index is 8.90. The van der Waals surface area contributed by atoms with Crippen molar-refractivity contribution in [2.45, 2.75) is 24.7 Å². The first kappa shape index (κ1) is 9.92. The Morgan fingerprint density at radius 1 is 1.58 bits per heavy atom. The minimum Gasteiger partial charge on any atom is -0.394 e. The lowest BCUT2D eigenvalue weighted by Crippen LogP contribution is -2.31. The minimum absolute atomic E-state index is 0.00238. The van der Waals surface area contributed by atoms with Crippen molar-refractivity contribution in [3.8, 4) is 0 Å². The lowest BCUT2D eigenvalue weighted by atomic mass is 10.1. The van der Waals surface area contributed by atoms with Gasteiger partial charge in [0.15, 0.2) is 0 Å². The van der Waals surface area contributed by atoms with Gasteiger partial charge in [0.25, 0.3) is 0 Å². The zero-order chi connectivity index (χ0) is 8.97. The zero-order valence-corrected chi connectivity index (χ0v) is 7.53. The standard InChI is InChI=1S/C8H16O4/c1-10-6-3-7(12-5-6)8(4-9)11-2/h6-9H,3-5H2,1-2H3/t6?,7-,8+/m0/s1. The Morgan fingerprint density at radius 3 is 2.75 bits per heavy atom. The number of aliphatic hydroxyl groups excluding tert-OH is 1. The molecule has 0 radical (unpaired) electrons. The predicted molar refractivity (Wildman–Crippen MR) is 43.0 cm³/mol. The number of hydrogen-bond donors (Lipinski definition) is 1. The molecule has 1 unspecified atom stereocenters. The molecule has 1 rings (SSSR count). The van der Waals surface area contributed by atoms with E-state index in [1.54, 1.807) is 14.2 Å². The van der Waals surface area contributed by atoms with E-state index < -0.39 is 0 Å². The van der Waals surface area contributed by atoms with E-state index in [1.807, 2.05) is 0 Å². The number of methoxy groups -OCH3 is 2. The van der Waals surface area contributed by atoms with Gasteiger partial charge in [0.2, 0.25) is 0 Å². The fourth-order valence-electron chi connectivity index (χ4n) is 1.39. The maximum atomic E-state index is 8.90. The Kier molecular flexibility index (Phi) is 3.94. The lowest BCUT2D eigenvalue weighted by molar-refractivity contribution is -0.0521. The van der Waals surface area contributed by atoms with Gasteiger partial charge in [-0.3, -0.25) is 0 Å². The molecular weight excluding hydrogens is 160 g/mol. The highest BCUT2D eigenvalue weighted by atomic mass is 16.6. The molecule has 1 N–H and O–H groups in total. The quantitative estimate of drug-likeness (QED) is 0.644. The third-order valence-corrected chi connectivity index (χ3v) is 2.22. The van der Waals surface area contributed by atoms with Crippen molar-refractivity contribution in [1.82, 2.24) is 0 Å². The van der Waals surface area contributed by atoms with E-state index in [0.717, 1.165) is 6.42 Å². The molecule has 3 atom stereocenters. The third kappa shape index (κ3) is 2.17. The zero-order valence-electron chi connectivity index (χ0n) is 7.53. The smallest absolute Gasteiger partial charge is 0.106 e. The monoisotopic (exact) mass is 176 g/mol.